The van der Waals surface area contributed by atoms with Crippen LogP contribution in [0.5, 0.6) is 0 Å². The van der Waals surface area contributed by atoms with Crippen molar-refractivity contribution in [2.24, 2.45) is 5.92 Å². The number of hydrogen-bond acceptors (Lipinski definition) is 4. The molecule has 32 heavy (non-hydrogen) atoms. The first-order chi connectivity index (χ1) is 15.5. The number of nitrogens with zero attached hydrogens (tertiary/aromatic N) is 2. The summed E-state index contributed by atoms with van der Waals surface area (Å²) in [6.07, 6.45) is 4.86. The van der Waals surface area contributed by atoms with Gasteiger partial charge in [0.2, 0.25) is 5.91 Å². The molecule has 1 saturated carbocycles. The average Bonchev–Trinajstić information content (AvgIpc) is 2.81. The van der Waals surface area contributed by atoms with Gasteiger partial charge < -0.3 is 15.3 Å². The topological polar surface area (TPSA) is 55.8 Å². The molecular formula is C27H37N3O2. The van der Waals surface area contributed by atoms with Gasteiger partial charge in [0, 0.05) is 43.0 Å². The quantitative estimate of drug-likeness (QED) is 0.653. The molecule has 2 aliphatic rings. The Balaban J connectivity index is 1.58. The summed E-state index contributed by atoms with van der Waals surface area (Å²) in [5, 5.41) is 14.5. The third-order valence-electron chi connectivity index (χ3n) is 7.44. The Labute approximate surface area is 192 Å². The summed E-state index contributed by atoms with van der Waals surface area (Å²) < 4.78 is 0. The van der Waals surface area contributed by atoms with Crippen molar-refractivity contribution in [3.63, 3.8) is 0 Å². The van der Waals surface area contributed by atoms with E-state index in [1.807, 2.05) is 30.3 Å². The third kappa shape index (κ3) is 4.84. The molecule has 2 aromatic rings. The van der Waals surface area contributed by atoms with Crippen molar-refractivity contribution in [3.8, 4) is 0 Å². The molecule has 2 N–H and O–H groups in total. The van der Waals surface area contributed by atoms with E-state index < -0.39 is 5.60 Å². The van der Waals surface area contributed by atoms with Crippen LogP contribution in [0, 0.1) is 5.92 Å². The maximum Gasteiger partial charge on any atom is 0.238 e. The second-order valence-corrected chi connectivity index (χ2v) is 9.30. The average molecular weight is 436 g/mol. The zero-order valence-electron chi connectivity index (χ0n) is 19.5. The SMILES string of the molecule is CCN(CC)c1ccc([C@H]2[C@@H]3CCCC[C@@]3(O)CCN2CC(=O)Nc2ccccc2)cc1. The molecule has 0 bridgehead atoms. The van der Waals surface area contributed by atoms with Gasteiger partial charge >= 0.3 is 0 Å². The number of nitrogens with one attached hydrogen (secondary N) is 1. The van der Waals surface area contributed by atoms with E-state index in [9.17, 15) is 9.90 Å². The van der Waals surface area contributed by atoms with Crippen molar-refractivity contribution in [1.82, 2.24) is 4.90 Å². The fourth-order valence-electron chi connectivity index (χ4n) is 5.74. The molecule has 0 unspecified atom stereocenters. The van der Waals surface area contributed by atoms with Gasteiger partial charge in [-0.15, -0.1) is 0 Å². The molecule has 3 atom stereocenters. The summed E-state index contributed by atoms with van der Waals surface area (Å²) >= 11 is 0. The molecule has 1 aliphatic heterocycles. The first-order valence-corrected chi connectivity index (χ1v) is 12.2. The first kappa shape index (κ1) is 22.8. The van der Waals surface area contributed by atoms with E-state index in [1.54, 1.807) is 0 Å². The van der Waals surface area contributed by atoms with Crippen LogP contribution >= 0.6 is 0 Å². The van der Waals surface area contributed by atoms with Gasteiger partial charge in [0.05, 0.1) is 12.1 Å². The number of carbonyl (C=O) groups is 1. The van der Waals surface area contributed by atoms with Crippen LogP contribution in [-0.2, 0) is 4.79 Å². The Morgan fingerprint density at radius 2 is 1.78 bits per heavy atom. The molecule has 172 valence electrons. The Hall–Kier alpha value is -2.37. The molecule has 2 fully saturated rings. The molecular weight excluding hydrogens is 398 g/mol. The predicted molar refractivity (Wildman–Crippen MR) is 131 cm³/mol. The summed E-state index contributed by atoms with van der Waals surface area (Å²) in [7, 11) is 0. The molecule has 1 aliphatic carbocycles. The highest BCUT2D eigenvalue weighted by Gasteiger charge is 2.49. The van der Waals surface area contributed by atoms with Gasteiger partial charge in [0.25, 0.3) is 0 Å². The van der Waals surface area contributed by atoms with Crippen LogP contribution in [0.2, 0.25) is 0 Å². The Kier molecular flexibility index (Phi) is 7.17. The lowest BCUT2D eigenvalue weighted by atomic mass is 9.66. The smallest absolute Gasteiger partial charge is 0.238 e. The predicted octanol–water partition coefficient (Wildman–Crippen LogP) is 4.84. The monoisotopic (exact) mass is 435 g/mol. The summed E-state index contributed by atoms with van der Waals surface area (Å²) in [5.74, 6) is 0.163. The third-order valence-corrected chi connectivity index (χ3v) is 7.44. The summed E-state index contributed by atoms with van der Waals surface area (Å²) in [6, 6.07) is 18.5. The van der Waals surface area contributed by atoms with Gasteiger partial charge in [-0.3, -0.25) is 9.69 Å². The Bertz CT molecular complexity index is 882. The van der Waals surface area contributed by atoms with E-state index in [-0.39, 0.29) is 17.9 Å². The lowest BCUT2D eigenvalue weighted by molar-refractivity contribution is -0.135. The number of benzene rings is 2. The lowest BCUT2D eigenvalue weighted by Crippen LogP contribution is -2.56. The van der Waals surface area contributed by atoms with Gasteiger partial charge in [0.15, 0.2) is 0 Å². The summed E-state index contributed by atoms with van der Waals surface area (Å²) in [5.41, 5.74) is 2.64. The fraction of sp³-hybridized carbons (Fsp3) is 0.519. The van der Waals surface area contributed by atoms with Gasteiger partial charge in [-0.1, -0.05) is 43.2 Å². The molecule has 5 nitrogen and oxygen atoms in total. The van der Waals surface area contributed by atoms with Crippen LogP contribution in [0.15, 0.2) is 54.6 Å². The van der Waals surface area contributed by atoms with E-state index in [1.165, 1.54) is 11.3 Å². The van der Waals surface area contributed by atoms with Crippen molar-refractivity contribution >= 4 is 17.3 Å². The van der Waals surface area contributed by atoms with E-state index in [2.05, 4.69) is 53.2 Å². The van der Waals surface area contributed by atoms with Crippen molar-refractivity contribution < 1.29 is 9.90 Å². The van der Waals surface area contributed by atoms with Gasteiger partial charge in [-0.05, 0) is 62.9 Å². The van der Waals surface area contributed by atoms with Crippen LogP contribution in [0.4, 0.5) is 11.4 Å². The number of amides is 1. The normalized spacial score (nSPS) is 25.7. The number of anilines is 2. The first-order valence-electron chi connectivity index (χ1n) is 12.2. The molecule has 0 aromatic heterocycles. The second kappa shape index (κ2) is 10.1. The van der Waals surface area contributed by atoms with Crippen LogP contribution in [0.3, 0.4) is 0 Å². The standard InChI is InChI=1S/C27H37N3O2/c1-3-29(4-2)23-15-13-21(14-16-23)26-24-12-8-9-17-27(24,32)18-19-30(26)20-25(31)28-22-10-6-5-7-11-22/h5-7,10-11,13-16,24,26,32H,3-4,8-9,12,17-20H2,1-2H3,(H,28,31)/t24-,26-,27+/m0/s1. The number of carbonyl (C=O) groups excluding carboxylic acids is 1. The highest BCUT2D eigenvalue weighted by Crippen LogP contribution is 2.49. The number of aliphatic hydroxyl groups is 1. The number of piperidine rings is 1. The molecule has 4 rings (SSSR count). The second-order valence-electron chi connectivity index (χ2n) is 9.30. The molecule has 1 amide bonds. The van der Waals surface area contributed by atoms with Crippen LogP contribution < -0.4 is 10.2 Å². The van der Waals surface area contributed by atoms with Crippen molar-refractivity contribution in [1.29, 1.82) is 0 Å². The molecule has 5 heteroatoms. The van der Waals surface area contributed by atoms with E-state index in [4.69, 9.17) is 0 Å². The number of likely N-dealkylation sites (tertiary alicyclic amines) is 1. The van der Waals surface area contributed by atoms with Gasteiger partial charge in [-0.25, -0.2) is 0 Å². The largest absolute Gasteiger partial charge is 0.389 e. The van der Waals surface area contributed by atoms with Crippen LogP contribution in [0.1, 0.15) is 57.6 Å². The maximum atomic E-state index is 12.9. The highest BCUT2D eigenvalue weighted by molar-refractivity contribution is 5.92. The summed E-state index contributed by atoms with van der Waals surface area (Å²) in [4.78, 5) is 17.5. The molecule has 0 radical (unpaired) electrons. The van der Waals surface area contributed by atoms with Gasteiger partial charge in [-0.2, -0.15) is 0 Å². The molecule has 0 spiro atoms. The maximum absolute atomic E-state index is 12.9. The molecule has 2 aromatic carbocycles. The highest BCUT2D eigenvalue weighted by atomic mass is 16.3. The fourth-order valence-corrected chi connectivity index (χ4v) is 5.74. The van der Waals surface area contributed by atoms with Crippen LogP contribution in [-0.4, -0.2) is 47.7 Å². The number of para-hydroxylation sites is 1. The number of rotatable bonds is 7. The minimum atomic E-state index is -0.618. The Morgan fingerprint density at radius 1 is 1.06 bits per heavy atom. The molecule has 1 saturated heterocycles. The zero-order valence-corrected chi connectivity index (χ0v) is 19.5. The van der Waals surface area contributed by atoms with Crippen molar-refractivity contribution in [3.05, 3.63) is 60.2 Å². The van der Waals surface area contributed by atoms with Crippen molar-refractivity contribution in [2.45, 2.75) is 57.6 Å². The minimum Gasteiger partial charge on any atom is -0.389 e. The minimum absolute atomic E-state index is 0.00205. The summed E-state index contributed by atoms with van der Waals surface area (Å²) in [6.45, 7) is 7.38. The Morgan fingerprint density at radius 3 is 2.47 bits per heavy atom. The van der Waals surface area contributed by atoms with Crippen molar-refractivity contribution in [2.75, 3.05) is 36.4 Å². The van der Waals surface area contributed by atoms with Gasteiger partial charge in [0.1, 0.15) is 0 Å². The van der Waals surface area contributed by atoms with Crippen LogP contribution in [0.25, 0.3) is 0 Å². The zero-order chi connectivity index (χ0) is 22.6. The van der Waals surface area contributed by atoms with E-state index >= 15 is 0 Å². The number of hydrogen-bond donors (Lipinski definition) is 2. The van der Waals surface area contributed by atoms with E-state index in [0.29, 0.717) is 6.54 Å². The molecule has 1 heterocycles. The number of fused-ring (bicyclic) bond motifs is 1. The lowest BCUT2D eigenvalue weighted by Gasteiger charge is -2.52. The van der Waals surface area contributed by atoms with E-state index in [0.717, 1.165) is 57.4 Å².